The third-order valence-electron chi connectivity index (χ3n) is 3.51. The van der Waals surface area contributed by atoms with Crippen LogP contribution in [-0.2, 0) is 0 Å². The summed E-state index contributed by atoms with van der Waals surface area (Å²) in [6.45, 7) is 4.36. The van der Waals surface area contributed by atoms with Gasteiger partial charge >= 0.3 is 0 Å². The van der Waals surface area contributed by atoms with E-state index in [9.17, 15) is 0 Å². The van der Waals surface area contributed by atoms with E-state index in [1.165, 1.54) is 16.8 Å². The number of fused-ring (bicyclic) bond motifs is 1. The van der Waals surface area contributed by atoms with Crippen molar-refractivity contribution in [2.75, 3.05) is 4.31 Å². The monoisotopic (exact) mass is 363 g/mol. The first-order valence-corrected chi connectivity index (χ1v) is 9.33. The Labute approximate surface area is 149 Å². The van der Waals surface area contributed by atoms with E-state index < -0.39 is 0 Å². The van der Waals surface area contributed by atoms with E-state index in [1.54, 1.807) is 11.9 Å². The van der Waals surface area contributed by atoms with Crippen LogP contribution in [0.3, 0.4) is 0 Å². The average Bonchev–Trinajstić information content (AvgIpc) is 2.94. The van der Waals surface area contributed by atoms with Crippen LogP contribution in [0.25, 0.3) is 10.9 Å². The first-order valence-electron chi connectivity index (χ1n) is 7.29. The molecule has 1 aromatic heterocycles. The summed E-state index contributed by atoms with van der Waals surface area (Å²) in [5.41, 5.74) is 2.19. The van der Waals surface area contributed by atoms with Crippen LogP contribution in [-0.4, -0.2) is 11.0 Å². The van der Waals surface area contributed by atoms with E-state index in [0.717, 1.165) is 26.5 Å². The zero-order valence-electron chi connectivity index (χ0n) is 12.9. The van der Waals surface area contributed by atoms with Crippen molar-refractivity contribution >= 4 is 52.1 Å². The normalized spacial score (nSPS) is 11.3. The molecule has 0 amide bonds. The maximum Gasteiger partial charge on any atom is 0.0717 e. The Morgan fingerprint density at radius 1 is 1.09 bits per heavy atom. The fraction of sp³-hybridized carbons (Fsp3) is 0.176. The van der Waals surface area contributed by atoms with E-state index in [0.29, 0.717) is 6.04 Å². The first kappa shape index (κ1) is 16.6. The number of nitrogens with one attached hydrogen (secondary N) is 1. The Kier molecular flexibility index (Phi) is 5.11. The summed E-state index contributed by atoms with van der Waals surface area (Å²) < 4.78 is 2.29. The van der Waals surface area contributed by atoms with Gasteiger partial charge in [-0.1, -0.05) is 23.7 Å². The first-order chi connectivity index (χ1) is 11.1. The van der Waals surface area contributed by atoms with Crippen molar-refractivity contribution in [1.29, 1.82) is 0 Å². The Morgan fingerprint density at radius 3 is 2.43 bits per heavy atom. The number of nitrogens with zero attached hydrogens (tertiary/aromatic N) is 1. The summed E-state index contributed by atoms with van der Waals surface area (Å²) in [6.07, 6.45) is 1.84. The highest BCUT2D eigenvalue weighted by molar-refractivity contribution is 8.00. The van der Waals surface area contributed by atoms with Crippen LogP contribution in [0.15, 0.2) is 58.5 Å². The van der Waals surface area contributed by atoms with Gasteiger partial charge in [0.2, 0.25) is 0 Å². The second kappa shape index (κ2) is 7.09. The number of rotatable bonds is 5. The SMILES string of the molecule is CC(C)N(Sc1ccc(SN)cc1)c1cccc2c(Cl)c[nH]c12. The lowest BCUT2D eigenvalue weighted by atomic mass is 10.2. The van der Waals surface area contributed by atoms with Gasteiger partial charge in [0.05, 0.1) is 16.2 Å². The molecule has 3 N–H and O–H groups in total. The maximum absolute atomic E-state index is 6.25. The van der Waals surface area contributed by atoms with Gasteiger partial charge in [-0.3, -0.25) is 5.14 Å². The van der Waals surface area contributed by atoms with Crippen molar-refractivity contribution in [3.8, 4) is 0 Å². The molecule has 3 aromatic rings. The van der Waals surface area contributed by atoms with Crippen molar-refractivity contribution < 1.29 is 0 Å². The number of H-pyrrole nitrogens is 1. The molecule has 120 valence electrons. The van der Waals surface area contributed by atoms with Gasteiger partial charge in [0, 0.05) is 27.4 Å². The van der Waals surface area contributed by atoms with Crippen molar-refractivity contribution in [3.05, 3.63) is 53.7 Å². The van der Waals surface area contributed by atoms with Crippen LogP contribution in [0.4, 0.5) is 5.69 Å². The highest BCUT2D eigenvalue weighted by atomic mass is 35.5. The second-order valence-corrected chi connectivity index (χ2v) is 7.60. The lowest BCUT2D eigenvalue weighted by Gasteiger charge is -2.28. The van der Waals surface area contributed by atoms with Gasteiger partial charge in [-0.05, 0) is 68.1 Å². The summed E-state index contributed by atoms with van der Waals surface area (Å²) in [4.78, 5) is 5.52. The number of halogens is 1. The molecule has 3 rings (SSSR count). The van der Waals surface area contributed by atoms with E-state index in [4.69, 9.17) is 16.7 Å². The number of nitrogens with two attached hydrogens (primary N) is 1. The molecular formula is C17H18ClN3S2. The van der Waals surface area contributed by atoms with Crippen LogP contribution in [0.5, 0.6) is 0 Å². The largest absolute Gasteiger partial charge is 0.358 e. The van der Waals surface area contributed by atoms with Crippen molar-refractivity contribution in [2.45, 2.75) is 29.7 Å². The quantitative estimate of drug-likeness (QED) is 0.570. The summed E-state index contributed by atoms with van der Waals surface area (Å²) in [6, 6.07) is 14.8. The van der Waals surface area contributed by atoms with Gasteiger partial charge in [0.15, 0.2) is 0 Å². The summed E-state index contributed by atoms with van der Waals surface area (Å²) in [5.74, 6) is 0. The number of para-hydroxylation sites is 1. The zero-order valence-corrected chi connectivity index (χ0v) is 15.3. The lowest BCUT2D eigenvalue weighted by Crippen LogP contribution is -2.23. The lowest BCUT2D eigenvalue weighted by molar-refractivity contribution is 0.838. The number of aromatic nitrogens is 1. The molecule has 0 radical (unpaired) electrons. The van der Waals surface area contributed by atoms with E-state index >= 15 is 0 Å². The molecule has 0 aliphatic heterocycles. The highest BCUT2D eigenvalue weighted by Crippen LogP contribution is 2.37. The van der Waals surface area contributed by atoms with Crippen LogP contribution in [0.2, 0.25) is 5.02 Å². The molecule has 1 heterocycles. The van der Waals surface area contributed by atoms with Gasteiger partial charge in [0.25, 0.3) is 0 Å². The third kappa shape index (κ3) is 3.48. The molecule has 6 heteroatoms. The van der Waals surface area contributed by atoms with Gasteiger partial charge in [-0.15, -0.1) is 0 Å². The summed E-state index contributed by atoms with van der Waals surface area (Å²) in [5, 5.41) is 7.38. The van der Waals surface area contributed by atoms with Crippen molar-refractivity contribution in [2.24, 2.45) is 5.14 Å². The number of hydrogen-bond acceptors (Lipinski definition) is 4. The average molecular weight is 364 g/mol. The molecule has 0 atom stereocenters. The molecule has 0 aliphatic carbocycles. The van der Waals surface area contributed by atoms with Crippen molar-refractivity contribution in [3.63, 3.8) is 0 Å². The predicted octanol–water partition coefficient (Wildman–Crippen LogP) is 5.71. The van der Waals surface area contributed by atoms with Gasteiger partial charge in [-0.25, -0.2) is 0 Å². The predicted molar refractivity (Wildman–Crippen MR) is 103 cm³/mol. The highest BCUT2D eigenvalue weighted by Gasteiger charge is 2.17. The van der Waals surface area contributed by atoms with Gasteiger partial charge < -0.3 is 9.29 Å². The molecule has 0 saturated carbocycles. The topological polar surface area (TPSA) is 45.0 Å². The Balaban J connectivity index is 1.97. The number of hydrogen-bond donors (Lipinski definition) is 2. The van der Waals surface area contributed by atoms with E-state index in [2.05, 4.69) is 41.3 Å². The molecule has 3 nitrogen and oxygen atoms in total. The minimum absolute atomic E-state index is 0.330. The van der Waals surface area contributed by atoms with Crippen LogP contribution in [0.1, 0.15) is 13.8 Å². The summed E-state index contributed by atoms with van der Waals surface area (Å²) in [7, 11) is 0. The molecule has 2 aromatic carbocycles. The standard InChI is InChI=1S/C17H18ClN3S2/c1-11(2)21(23-13-8-6-12(22-19)7-9-13)16-5-3-4-14-15(18)10-20-17(14)16/h3-11,20H,19H2,1-2H3. The van der Waals surface area contributed by atoms with Crippen LogP contribution < -0.4 is 9.44 Å². The molecule has 0 spiro atoms. The molecule has 0 saturated heterocycles. The molecule has 23 heavy (non-hydrogen) atoms. The Hall–Kier alpha value is -1.27. The van der Waals surface area contributed by atoms with Crippen LogP contribution >= 0.6 is 35.5 Å². The molecule has 0 fully saturated rings. The van der Waals surface area contributed by atoms with E-state index in [-0.39, 0.29) is 0 Å². The van der Waals surface area contributed by atoms with Gasteiger partial charge in [-0.2, -0.15) is 0 Å². The second-order valence-electron chi connectivity index (χ2n) is 5.44. The smallest absolute Gasteiger partial charge is 0.0717 e. The Bertz CT molecular complexity index is 799. The molecule has 0 aliphatic rings. The molecule has 0 unspecified atom stereocenters. The van der Waals surface area contributed by atoms with E-state index in [1.807, 2.05) is 30.5 Å². The minimum atomic E-state index is 0.330. The Morgan fingerprint density at radius 2 is 1.78 bits per heavy atom. The number of aromatic amines is 1. The fourth-order valence-electron chi connectivity index (χ4n) is 2.41. The fourth-order valence-corrected chi connectivity index (χ4v) is 3.86. The summed E-state index contributed by atoms with van der Waals surface area (Å²) >= 11 is 9.23. The molecule has 0 bridgehead atoms. The zero-order chi connectivity index (χ0) is 16.4. The maximum atomic E-state index is 6.25. The third-order valence-corrected chi connectivity index (χ3v) is 5.67. The molecular weight excluding hydrogens is 346 g/mol. The van der Waals surface area contributed by atoms with Gasteiger partial charge in [0.1, 0.15) is 0 Å². The number of anilines is 1. The minimum Gasteiger partial charge on any atom is -0.358 e. The van der Waals surface area contributed by atoms with Crippen LogP contribution in [0, 0.1) is 0 Å². The van der Waals surface area contributed by atoms with Crippen molar-refractivity contribution in [1.82, 2.24) is 4.98 Å². The number of benzene rings is 2.